The molecule has 1 fully saturated rings. The number of likely N-dealkylation sites (tertiary alicyclic amines) is 1. The molecular weight excluding hydrogens is 388 g/mol. The summed E-state index contributed by atoms with van der Waals surface area (Å²) in [6, 6.07) is 10.1. The van der Waals surface area contributed by atoms with Crippen LogP contribution in [0.3, 0.4) is 0 Å². The summed E-state index contributed by atoms with van der Waals surface area (Å²) in [5, 5.41) is 6.10. The van der Waals surface area contributed by atoms with E-state index in [0.717, 1.165) is 62.1 Å². The number of rotatable bonds is 7. The smallest absolute Gasteiger partial charge is 0.257 e. The number of aromatic nitrogens is 1. The van der Waals surface area contributed by atoms with E-state index >= 15 is 0 Å². The summed E-state index contributed by atoms with van der Waals surface area (Å²) in [5.41, 5.74) is 3.45. The van der Waals surface area contributed by atoms with Crippen LogP contribution in [0.1, 0.15) is 61.0 Å². The molecule has 2 N–H and O–H groups in total. The minimum Gasteiger partial charge on any atom is -0.353 e. The molecule has 166 valence electrons. The standard InChI is InChI=1S/C25H34N4O2/c1-4-19(3)27-24(30)21-8-6-11-29(12-10-21)17-20-7-5-9-23(14-20)28-25(31)22-13-18(2)15-26-16-22/h5,7,9,13-16,19,21H,4,6,8,10-12,17H2,1-3H3,(H,27,30)(H,28,31). The highest BCUT2D eigenvalue weighted by Gasteiger charge is 2.23. The van der Waals surface area contributed by atoms with Crippen molar-refractivity contribution in [2.75, 3.05) is 18.4 Å². The van der Waals surface area contributed by atoms with Gasteiger partial charge in [-0.1, -0.05) is 19.1 Å². The van der Waals surface area contributed by atoms with Gasteiger partial charge in [-0.2, -0.15) is 0 Å². The van der Waals surface area contributed by atoms with Crippen LogP contribution in [0.2, 0.25) is 0 Å². The maximum Gasteiger partial charge on any atom is 0.257 e. The van der Waals surface area contributed by atoms with Crippen LogP contribution in [0.25, 0.3) is 0 Å². The van der Waals surface area contributed by atoms with Gasteiger partial charge in [0.15, 0.2) is 0 Å². The molecule has 2 heterocycles. The molecule has 0 aliphatic carbocycles. The van der Waals surface area contributed by atoms with E-state index in [9.17, 15) is 9.59 Å². The third-order valence-corrected chi connectivity index (χ3v) is 5.92. The molecule has 0 spiro atoms. The summed E-state index contributed by atoms with van der Waals surface area (Å²) >= 11 is 0. The fraction of sp³-hybridized carbons (Fsp3) is 0.480. The third kappa shape index (κ3) is 6.89. The average Bonchev–Trinajstić information content (AvgIpc) is 2.99. The zero-order valence-corrected chi connectivity index (χ0v) is 18.9. The molecule has 1 aromatic carbocycles. The van der Waals surface area contributed by atoms with Gasteiger partial charge in [-0.25, -0.2) is 0 Å². The van der Waals surface area contributed by atoms with Gasteiger partial charge in [0, 0.05) is 36.6 Å². The van der Waals surface area contributed by atoms with Crippen molar-refractivity contribution < 1.29 is 9.59 Å². The summed E-state index contributed by atoms with van der Waals surface area (Å²) in [6.07, 6.45) is 7.13. The van der Waals surface area contributed by atoms with Crippen LogP contribution in [0.4, 0.5) is 5.69 Å². The lowest BCUT2D eigenvalue weighted by atomic mass is 9.99. The second-order valence-corrected chi connectivity index (χ2v) is 8.63. The Morgan fingerprint density at radius 2 is 2.03 bits per heavy atom. The number of aryl methyl sites for hydroxylation is 1. The fourth-order valence-electron chi connectivity index (χ4n) is 3.93. The molecule has 2 aromatic rings. The number of nitrogens with zero attached hydrogens (tertiary/aromatic N) is 2. The Bertz CT molecular complexity index is 899. The van der Waals surface area contributed by atoms with E-state index in [1.807, 2.05) is 31.2 Å². The normalized spacial score (nSPS) is 18.1. The van der Waals surface area contributed by atoms with E-state index in [4.69, 9.17) is 0 Å². The maximum absolute atomic E-state index is 12.5. The lowest BCUT2D eigenvalue weighted by Crippen LogP contribution is -2.37. The van der Waals surface area contributed by atoms with Gasteiger partial charge >= 0.3 is 0 Å². The minimum absolute atomic E-state index is 0.104. The quantitative estimate of drug-likeness (QED) is 0.703. The Balaban J connectivity index is 1.56. The Morgan fingerprint density at radius 1 is 1.19 bits per heavy atom. The van der Waals surface area contributed by atoms with E-state index in [1.54, 1.807) is 12.4 Å². The number of nitrogens with one attached hydrogen (secondary N) is 2. The van der Waals surface area contributed by atoms with E-state index in [1.165, 1.54) is 0 Å². The van der Waals surface area contributed by atoms with Crippen LogP contribution in [-0.4, -0.2) is 40.8 Å². The molecule has 2 unspecified atom stereocenters. The first-order valence-electron chi connectivity index (χ1n) is 11.3. The number of hydrogen-bond acceptors (Lipinski definition) is 4. The molecule has 0 radical (unpaired) electrons. The van der Waals surface area contributed by atoms with Crippen molar-refractivity contribution in [3.63, 3.8) is 0 Å². The van der Waals surface area contributed by atoms with Crippen LogP contribution in [0.5, 0.6) is 0 Å². The molecular formula is C25H34N4O2. The minimum atomic E-state index is -0.154. The van der Waals surface area contributed by atoms with Crippen molar-refractivity contribution in [2.24, 2.45) is 5.92 Å². The van der Waals surface area contributed by atoms with E-state index in [2.05, 4.69) is 40.4 Å². The molecule has 1 aromatic heterocycles. The number of anilines is 1. The number of carbonyl (C=O) groups is 2. The SMILES string of the molecule is CCC(C)NC(=O)C1CCCN(Cc2cccc(NC(=O)c3cncc(C)c3)c2)CC1. The molecule has 6 heteroatoms. The Hall–Kier alpha value is -2.73. The number of amides is 2. The van der Waals surface area contributed by atoms with Gasteiger partial charge < -0.3 is 10.6 Å². The summed E-state index contributed by atoms with van der Waals surface area (Å²) in [4.78, 5) is 31.5. The monoisotopic (exact) mass is 422 g/mol. The van der Waals surface area contributed by atoms with Crippen molar-refractivity contribution in [3.05, 3.63) is 59.4 Å². The Kier molecular flexibility index (Phi) is 8.18. The largest absolute Gasteiger partial charge is 0.353 e. The molecule has 0 saturated carbocycles. The molecule has 31 heavy (non-hydrogen) atoms. The lowest BCUT2D eigenvalue weighted by molar-refractivity contribution is -0.126. The molecule has 1 aliphatic heterocycles. The van der Waals surface area contributed by atoms with Gasteiger partial charge in [-0.15, -0.1) is 0 Å². The Morgan fingerprint density at radius 3 is 2.81 bits per heavy atom. The fourth-order valence-corrected chi connectivity index (χ4v) is 3.93. The first-order valence-corrected chi connectivity index (χ1v) is 11.3. The number of hydrogen-bond donors (Lipinski definition) is 2. The van der Waals surface area contributed by atoms with Crippen molar-refractivity contribution in [1.82, 2.24) is 15.2 Å². The topological polar surface area (TPSA) is 74.3 Å². The summed E-state index contributed by atoms with van der Waals surface area (Å²) in [5.74, 6) is 0.150. The predicted molar refractivity (Wildman–Crippen MR) is 124 cm³/mol. The van der Waals surface area contributed by atoms with Gasteiger partial charge in [-0.3, -0.25) is 19.5 Å². The van der Waals surface area contributed by atoms with Gasteiger partial charge in [-0.05, 0) is 81.9 Å². The molecule has 2 amide bonds. The van der Waals surface area contributed by atoms with E-state index in [0.29, 0.717) is 5.56 Å². The van der Waals surface area contributed by atoms with Crippen LogP contribution >= 0.6 is 0 Å². The van der Waals surface area contributed by atoms with Gasteiger partial charge in [0.05, 0.1) is 5.56 Å². The zero-order valence-electron chi connectivity index (χ0n) is 18.9. The number of pyridine rings is 1. The second-order valence-electron chi connectivity index (χ2n) is 8.63. The second kappa shape index (κ2) is 11.0. The van der Waals surface area contributed by atoms with Gasteiger partial charge in [0.25, 0.3) is 5.91 Å². The van der Waals surface area contributed by atoms with Crippen molar-refractivity contribution >= 4 is 17.5 Å². The van der Waals surface area contributed by atoms with Crippen LogP contribution in [-0.2, 0) is 11.3 Å². The number of carbonyl (C=O) groups excluding carboxylic acids is 2. The summed E-state index contributed by atoms with van der Waals surface area (Å²) < 4.78 is 0. The van der Waals surface area contributed by atoms with Crippen molar-refractivity contribution in [2.45, 2.75) is 59.0 Å². The molecule has 1 aliphatic rings. The first kappa shape index (κ1) is 22.9. The summed E-state index contributed by atoms with van der Waals surface area (Å²) in [6.45, 7) is 8.78. The van der Waals surface area contributed by atoms with Crippen molar-refractivity contribution in [1.29, 1.82) is 0 Å². The van der Waals surface area contributed by atoms with Gasteiger partial charge in [0.1, 0.15) is 0 Å². The average molecular weight is 423 g/mol. The first-order chi connectivity index (χ1) is 14.9. The highest BCUT2D eigenvalue weighted by Crippen LogP contribution is 2.21. The third-order valence-electron chi connectivity index (χ3n) is 5.92. The zero-order chi connectivity index (χ0) is 22.2. The van der Waals surface area contributed by atoms with Crippen molar-refractivity contribution in [3.8, 4) is 0 Å². The van der Waals surface area contributed by atoms with Gasteiger partial charge in [0.2, 0.25) is 5.91 Å². The molecule has 0 bridgehead atoms. The van der Waals surface area contributed by atoms with E-state index < -0.39 is 0 Å². The number of benzene rings is 1. The van der Waals surface area contributed by atoms with E-state index in [-0.39, 0.29) is 23.8 Å². The maximum atomic E-state index is 12.5. The van der Waals surface area contributed by atoms with Crippen LogP contribution in [0, 0.1) is 12.8 Å². The summed E-state index contributed by atoms with van der Waals surface area (Å²) in [7, 11) is 0. The highest BCUT2D eigenvalue weighted by molar-refractivity contribution is 6.04. The Labute approximate surface area is 185 Å². The molecule has 6 nitrogen and oxygen atoms in total. The highest BCUT2D eigenvalue weighted by atomic mass is 16.2. The molecule has 1 saturated heterocycles. The predicted octanol–water partition coefficient (Wildman–Crippen LogP) is 4.16. The lowest BCUT2D eigenvalue weighted by Gasteiger charge is -2.21. The molecule has 3 rings (SSSR count). The molecule has 2 atom stereocenters. The van der Waals surface area contributed by atoms with Crippen LogP contribution < -0.4 is 10.6 Å². The van der Waals surface area contributed by atoms with Crippen LogP contribution in [0.15, 0.2) is 42.7 Å².